The zero-order valence-electron chi connectivity index (χ0n) is 30.1. The largest absolute Gasteiger partial charge is 0.309 e. The molecule has 0 bridgehead atoms. The van der Waals surface area contributed by atoms with Gasteiger partial charge in [-0.2, -0.15) is 0 Å². The van der Waals surface area contributed by atoms with E-state index in [1.165, 1.54) is 37.5 Å². The van der Waals surface area contributed by atoms with E-state index in [0.717, 1.165) is 48.6 Å². The van der Waals surface area contributed by atoms with Gasteiger partial charge in [0.2, 0.25) is 0 Å². The number of rotatable bonds is 7. The molecule has 0 fully saturated rings. The molecule has 0 amide bonds. The van der Waals surface area contributed by atoms with Crippen LogP contribution in [0.3, 0.4) is 0 Å². The molecule has 0 spiro atoms. The third-order valence-electron chi connectivity index (χ3n) is 10.9. The van der Waals surface area contributed by atoms with Gasteiger partial charge in [0.1, 0.15) is 0 Å². The van der Waals surface area contributed by atoms with Gasteiger partial charge < -0.3 is 4.57 Å². The van der Waals surface area contributed by atoms with Gasteiger partial charge in [-0.05, 0) is 90.7 Å². The smallest absolute Gasteiger partial charge is 0.171 e. The van der Waals surface area contributed by atoms with Crippen molar-refractivity contribution in [1.82, 2.24) is 0 Å². The Morgan fingerprint density at radius 3 is 1.25 bits per heavy atom. The van der Waals surface area contributed by atoms with Crippen LogP contribution >= 0.6 is 15.1 Å². The molecule has 0 unspecified atom stereocenters. The quantitative estimate of drug-likeness (QED) is 0.149. The van der Waals surface area contributed by atoms with E-state index in [2.05, 4.69) is 158 Å². The molecule has 0 N–H and O–H groups in total. The molecule has 260 valence electrons. The average Bonchev–Trinajstić information content (AvgIpc) is 3.26. The molecule has 1 nitrogen and oxygen atoms in total. The van der Waals surface area contributed by atoms with Gasteiger partial charge in [0.05, 0.1) is 0 Å². The lowest BCUT2D eigenvalue weighted by Gasteiger charge is -2.28. The zero-order valence-corrected chi connectivity index (χ0v) is 31.9. The third kappa shape index (κ3) is 5.80. The standard InChI is InChI=1S/C52H36OP2/c53-55(45-21-3-1-4-22-45,46-23-5-2-6-24-46)50-34-30-40-18-12-14-26-48(40)52(50)51-47-25-13-11-17-39(47)29-33-49(51)54(43-31-27-37-15-7-9-19-41(37)35-43)44-32-28-38-16-8-10-20-42(38)36-44/h1-36H. The summed E-state index contributed by atoms with van der Waals surface area (Å²) in [5, 5.41) is 15.7. The van der Waals surface area contributed by atoms with Crippen molar-refractivity contribution in [2.24, 2.45) is 0 Å². The molecular formula is C52H36OP2. The molecular weight excluding hydrogens is 703 g/mol. The summed E-state index contributed by atoms with van der Waals surface area (Å²) < 4.78 is 16.5. The predicted octanol–water partition coefficient (Wildman–Crippen LogP) is 11.4. The van der Waals surface area contributed by atoms with Gasteiger partial charge in [-0.1, -0.05) is 200 Å². The van der Waals surface area contributed by atoms with Crippen LogP contribution in [-0.4, -0.2) is 0 Å². The van der Waals surface area contributed by atoms with E-state index in [9.17, 15) is 0 Å². The maximum Gasteiger partial charge on any atom is 0.171 e. The van der Waals surface area contributed by atoms with Gasteiger partial charge >= 0.3 is 0 Å². The lowest BCUT2D eigenvalue weighted by Crippen LogP contribution is -2.28. The fraction of sp³-hybridized carbons (Fsp3) is 0. The molecule has 0 heterocycles. The van der Waals surface area contributed by atoms with Crippen LogP contribution in [0.4, 0.5) is 0 Å². The molecule has 0 radical (unpaired) electrons. The van der Waals surface area contributed by atoms with Gasteiger partial charge in [-0.25, -0.2) is 0 Å². The van der Waals surface area contributed by atoms with Crippen LogP contribution in [0, 0.1) is 0 Å². The third-order valence-corrected chi connectivity index (χ3v) is 16.4. The minimum Gasteiger partial charge on any atom is -0.309 e. The lowest BCUT2D eigenvalue weighted by atomic mass is 9.93. The second-order valence-corrected chi connectivity index (χ2v) is 19.0. The van der Waals surface area contributed by atoms with Crippen molar-refractivity contribution in [3.8, 4) is 11.1 Å². The van der Waals surface area contributed by atoms with Crippen molar-refractivity contribution in [1.29, 1.82) is 0 Å². The molecule has 10 rings (SSSR count). The first kappa shape index (κ1) is 33.5. The van der Waals surface area contributed by atoms with Gasteiger partial charge in [-0.15, -0.1) is 0 Å². The minimum atomic E-state index is -3.41. The Bertz CT molecular complexity index is 2960. The van der Waals surface area contributed by atoms with E-state index in [-0.39, 0.29) is 0 Å². The van der Waals surface area contributed by atoms with Crippen molar-refractivity contribution >= 4 is 90.0 Å². The molecule has 0 saturated heterocycles. The summed E-state index contributed by atoms with van der Waals surface area (Å²) in [5.41, 5.74) is 2.18. The number of hydrogen-bond acceptors (Lipinski definition) is 1. The molecule has 0 aliphatic carbocycles. The van der Waals surface area contributed by atoms with E-state index in [4.69, 9.17) is 0 Å². The number of fused-ring (bicyclic) bond motifs is 4. The Hall–Kier alpha value is -6.10. The van der Waals surface area contributed by atoms with Gasteiger partial charge in [0.15, 0.2) is 7.14 Å². The molecule has 0 aliphatic heterocycles. The van der Waals surface area contributed by atoms with Crippen molar-refractivity contribution in [2.75, 3.05) is 0 Å². The highest BCUT2D eigenvalue weighted by molar-refractivity contribution is 7.85. The Balaban J connectivity index is 1.37. The number of benzene rings is 10. The van der Waals surface area contributed by atoms with E-state index in [1.807, 2.05) is 60.7 Å². The minimum absolute atomic E-state index is 0.825. The summed E-state index contributed by atoms with van der Waals surface area (Å²) in [7, 11) is -4.53. The molecule has 0 saturated carbocycles. The van der Waals surface area contributed by atoms with Gasteiger partial charge in [-0.3, -0.25) is 0 Å². The SMILES string of the molecule is O=P(c1ccccc1)(c1ccccc1)c1ccc2ccccc2c1-c1c(P(c2ccc3ccccc3c2)c2ccc3ccccc3c2)ccc2ccccc12. The second-order valence-electron chi connectivity index (χ2n) is 14.0. The first-order chi connectivity index (χ1) is 27.2. The summed E-state index contributed by atoms with van der Waals surface area (Å²) in [4.78, 5) is 0. The Morgan fingerprint density at radius 2 is 0.727 bits per heavy atom. The Labute approximate surface area is 322 Å². The van der Waals surface area contributed by atoms with Crippen molar-refractivity contribution in [2.45, 2.75) is 0 Å². The van der Waals surface area contributed by atoms with Gasteiger partial charge in [0, 0.05) is 21.5 Å². The van der Waals surface area contributed by atoms with Crippen molar-refractivity contribution in [3.63, 3.8) is 0 Å². The van der Waals surface area contributed by atoms with Crippen molar-refractivity contribution in [3.05, 3.63) is 218 Å². The topological polar surface area (TPSA) is 17.1 Å². The van der Waals surface area contributed by atoms with Crippen LogP contribution in [0.2, 0.25) is 0 Å². The first-order valence-electron chi connectivity index (χ1n) is 18.7. The highest BCUT2D eigenvalue weighted by atomic mass is 31.2. The highest BCUT2D eigenvalue weighted by Crippen LogP contribution is 2.49. The fourth-order valence-corrected chi connectivity index (χ4v) is 13.6. The van der Waals surface area contributed by atoms with Crippen LogP contribution in [0.1, 0.15) is 0 Å². The summed E-state index contributed by atoms with van der Waals surface area (Å²) in [6.45, 7) is 0. The zero-order chi connectivity index (χ0) is 36.8. The first-order valence-corrected chi connectivity index (χ1v) is 21.8. The normalized spacial score (nSPS) is 11.9. The molecule has 55 heavy (non-hydrogen) atoms. The van der Waals surface area contributed by atoms with Crippen LogP contribution in [0.25, 0.3) is 54.2 Å². The van der Waals surface area contributed by atoms with Crippen LogP contribution < -0.4 is 31.8 Å². The Morgan fingerprint density at radius 1 is 0.327 bits per heavy atom. The highest BCUT2D eigenvalue weighted by Gasteiger charge is 2.35. The predicted molar refractivity (Wildman–Crippen MR) is 240 cm³/mol. The maximum absolute atomic E-state index is 16.5. The van der Waals surface area contributed by atoms with Crippen LogP contribution in [-0.2, 0) is 4.57 Å². The van der Waals surface area contributed by atoms with E-state index < -0.39 is 15.1 Å². The summed E-state index contributed by atoms with van der Waals surface area (Å²) >= 11 is 0. The van der Waals surface area contributed by atoms with E-state index >= 15 is 4.57 Å². The van der Waals surface area contributed by atoms with E-state index in [0.29, 0.717) is 0 Å². The summed E-state index contributed by atoms with van der Waals surface area (Å²) in [5.74, 6) is 0. The molecule has 0 atom stereocenters. The molecule has 3 heteroatoms. The average molecular weight is 739 g/mol. The molecule has 0 aliphatic rings. The number of hydrogen-bond donors (Lipinski definition) is 0. The summed E-state index contributed by atoms with van der Waals surface area (Å²) in [6.07, 6.45) is 0. The maximum atomic E-state index is 16.5. The summed E-state index contributed by atoms with van der Waals surface area (Å²) in [6, 6.07) is 77.7. The molecule has 10 aromatic carbocycles. The second kappa shape index (κ2) is 14.0. The fourth-order valence-electron chi connectivity index (χ4n) is 8.26. The van der Waals surface area contributed by atoms with Crippen LogP contribution in [0.5, 0.6) is 0 Å². The molecule has 10 aromatic rings. The Kier molecular flexibility index (Phi) is 8.49. The molecule has 0 aromatic heterocycles. The van der Waals surface area contributed by atoms with E-state index in [1.54, 1.807) is 0 Å². The van der Waals surface area contributed by atoms with Crippen molar-refractivity contribution < 1.29 is 4.57 Å². The monoisotopic (exact) mass is 738 g/mol. The lowest BCUT2D eigenvalue weighted by molar-refractivity contribution is 0.592. The van der Waals surface area contributed by atoms with Crippen LogP contribution in [0.15, 0.2) is 218 Å². The van der Waals surface area contributed by atoms with Gasteiger partial charge in [0.25, 0.3) is 0 Å².